The van der Waals surface area contributed by atoms with Crippen molar-refractivity contribution in [3.63, 3.8) is 0 Å². The first kappa shape index (κ1) is 13.3. The quantitative estimate of drug-likeness (QED) is 0.842. The molecule has 2 rings (SSSR count). The summed E-state index contributed by atoms with van der Waals surface area (Å²) in [6.45, 7) is -0.0628. The molecule has 96 valence electrons. The van der Waals surface area contributed by atoms with Crippen LogP contribution < -0.4 is 11.1 Å². The summed E-state index contributed by atoms with van der Waals surface area (Å²) >= 11 is 1.54. The smallest absolute Gasteiger partial charge is 0.239 e. The molecule has 0 radical (unpaired) electrons. The van der Waals surface area contributed by atoms with Gasteiger partial charge in [-0.15, -0.1) is 11.8 Å². The number of aliphatic imine (C=N–C) groups is 1. The molecule has 1 aliphatic rings. The molecule has 1 aromatic carbocycles. The highest BCUT2D eigenvalue weighted by molar-refractivity contribution is 8.03. The van der Waals surface area contributed by atoms with Gasteiger partial charge >= 0.3 is 0 Å². The number of nitrogens with two attached hydrogens (primary N) is 1. The zero-order valence-corrected chi connectivity index (χ0v) is 10.9. The highest BCUT2D eigenvalue weighted by Crippen LogP contribution is 2.24. The monoisotopic (exact) mass is 272 g/mol. The van der Waals surface area contributed by atoms with Gasteiger partial charge in [-0.2, -0.15) is 5.26 Å². The number of thioether (sulfide) groups is 1. The van der Waals surface area contributed by atoms with Crippen molar-refractivity contribution in [1.29, 1.82) is 5.26 Å². The highest BCUT2D eigenvalue weighted by atomic mass is 32.2. The second-order valence-corrected chi connectivity index (χ2v) is 4.68. The molecule has 0 unspecified atom stereocenters. The van der Waals surface area contributed by atoms with Gasteiger partial charge in [-0.3, -0.25) is 4.79 Å². The van der Waals surface area contributed by atoms with Crippen LogP contribution in [0.3, 0.4) is 0 Å². The molecule has 0 fully saturated rings. The lowest BCUT2D eigenvalue weighted by Gasteiger charge is -2.13. The Balaban J connectivity index is 2.23. The van der Waals surface area contributed by atoms with Crippen LogP contribution in [0.25, 0.3) is 5.70 Å². The molecule has 0 spiro atoms. The SMILES string of the molecule is N#Cc1cccc(C2=CSCC(NC(=O)CN)=N2)c1. The molecule has 0 atom stereocenters. The van der Waals surface area contributed by atoms with Crippen LogP contribution in [-0.4, -0.2) is 24.0 Å². The van der Waals surface area contributed by atoms with E-state index in [2.05, 4.69) is 16.4 Å². The molecule has 3 N–H and O–H groups in total. The Kier molecular flexibility index (Phi) is 4.34. The molecule has 0 saturated heterocycles. The van der Waals surface area contributed by atoms with E-state index in [1.165, 1.54) is 0 Å². The third-order valence-electron chi connectivity index (χ3n) is 2.43. The zero-order chi connectivity index (χ0) is 13.7. The summed E-state index contributed by atoms with van der Waals surface area (Å²) in [4.78, 5) is 15.6. The van der Waals surface area contributed by atoms with Gasteiger partial charge in [0.25, 0.3) is 0 Å². The lowest BCUT2D eigenvalue weighted by Crippen LogP contribution is -2.37. The Morgan fingerprint density at radius 3 is 3.16 bits per heavy atom. The van der Waals surface area contributed by atoms with Gasteiger partial charge in [-0.1, -0.05) is 12.1 Å². The minimum absolute atomic E-state index is 0.0628. The van der Waals surface area contributed by atoms with E-state index in [9.17, 15) is 4.79 Å². The molecule has 6 heteroatoms. The number of hydrogen-bond acceptors (Lipinski definition) is 5. The molecule has 1 amide bonds. The van der Waals surface area contributed by atoms with Crippen molar-refractivity contribution >= 4 is 29.2 Å². The molecular formula is C13H12N4OS. The number of nitrogens with zero attached hydrogens (tertiary/aromatic N) is 2. The van der Waals surface area contributed by atoms with Crippen molar-refractivity contribution < 1.29 is 4.79 Å². The van der Waals surface area contributed by atoms with Gasteiger partial charge < -0.3 is 11.1 Å². The molecule has 0 bridgehead atoms. The van der Waals surface area contributed by atoms with E-state index in [1.807, 2.05) is 17.5 Å². The van der Waals surface area contributed by atoms with E-state index >= 15 is 0 Å². The Morgan fingerprint density at radius 2 is 2.42 bits per heavy atom. The van der Waals surface area contributed by atoms with Crippen LogP contribution in [0.15, 0.2) is 34.7 Å². The number of benzene rings is 1. The maximum atomic E-state index is 11.2. The van der Waals surface area contributed by atoms with E-state index in [0.717, 1.165) is 11.3 Å². The summed E-state index contributed by atoms with van der Waals surface area (Å²) in [7, 11) is 0. The topological polar surface area (TPSA) is 91.3 Å². The Labute approximate surface area is 115 Å². The van der Waals surface area contributed by atoms with Crippen molar-refractivity contribution in [2.75, 3.05) is 12.3 Å². The fraction of sp³-hybridized carbons (Fsp3) is 0.154. The number of carbonyl (C=O) groups is 1. The number of hydrogen-bond donors (Lipinski definition) is 2. The van der Waals surface area contributed by atoms with Gasteiger partial charge in [-0.25, -0.2) is 4.99 Å². The first-order chi connectivity index (χ1) is 9.22. The van der Waals surface area contributed by atoms with Crippen molar-refractivity contribution in [3.05, 3.63) is 40.8 Å². The van der Waals surface area contributed by atoms with Crippen LogP contribution in [-0.2, 0) is 4.79 Å². The summed E-state index contributed by atoms with van der Waals surface area (Å²) < 4.78 is 0. The Hall–Kier alpha value is -2.10. The number of nitrogens with one attached hydrogen (secondary N) is 1. The predicted molar refractivity (Wildman–Crippen MR) is 76.2 cm³/mol. The minimum atomic E-state index is -0.258. The van der Waals surface area contributed by atoms with Crippen LogP contribution in [0.5, 0.6) is 0 Å². The van der Waals surface area contributed by atoms with Crippen molar-refractivity contribution in [2.24, 2.45) is 10.7 Å². The van der Waals surface area contributed by atoms with Crippen LogP contribution >= 0.6 is 11.8 Å². The van der Waals surface area contributed by atoms with Crippen LogP contribution in [0.2, 0.25) is 0 Å². The summed E-state index contributed by atoms with van der Waals surface area (Å²) in [5.41, 5.74) is 7.42. The minimum Gasteiger partial charge on any atom is -0.322 e. The lowest BCUT2D eigenvalue weighted by molar-refractivity contribution is -0.118. The molecular weight excluding hydrogens is 260 g/mol. The molecule has 0 aromatic heterocycles. The van der Waals surface area contributed by atoms with Gasteiger partial charge in [0, 0.05) is 5.56 Å². The van der Waals surface area contributed by atoms with Gasteiger partial charge in [0.05, 0.1) is 29.6 Å². The maximum Gasteiger partial charge on any atom is 0.239 e. The molecule has 5 nitrogen and oxygen atoms in total. The number of rotatable bonds is 2. The number of carbonyl (C=O) groups excluding carboxylic acids is 1. The normalized spacial score (nSPS) is 14.1. The van der Waals surface area contributed by atoms with Gasteiger partial charge in [-0.05, 0) is 17.5 Å². The Morgan fingerprint density at radius 1 is 1.58 bits per heavy atom. The molecule has 1 aliphatic heterocycles. The van der Waals surface area contributed by atoms with Crippen molar-refractivity contribution in [2.45, 2.75) is 0 Å². The summed E-state index contributed by atoms with van der Waals surface area (Å²) in [5, 5.41) is 13.4. The van der Waals surface area contributed by atoms with Gasteiger partial charge in [0.1, 0.15) is 5.84 Å². The predicted octanol–water partition coefficient (Wildman–Crippen LogP) is 1.08. The first-order valence-corrected chi connectivity index (χ1v) is 6.67. The second kappa shape index (κ2) is 6.18. The molecule has 19 heavy (non-hydrogen) atoms. The third-order valence-corrected chi connectivity index (χ3v) is 3.26. The van der Waals surface area contributed by atoms with E-state index in [0.29, 0.717) is 17.2 Å². The number of amidine groups is 1. The maximum absolute atomic E-state index is 11.2. The van der Waals surface area contributed by atoms with Gasteiger partial charge in [0.2, 0.25) is 5.91 Å². The fourth-order valence-corrected chi connectivity index (χ4v) is 2.28. The van der Waals surface area contributed by atoms with E-state index in [1.54, 1.807) is 23.9 Å². The van der Waals surface area contributed by atoms with Crippen molar-refractivity contribution in [3.8, 4) is 6.07 Å². The van der Waals surface area contributed by atoms with Gasteiger partial charge in [0.15, 0.2) is 0 Å². The zero-order valence-electron chi connectivity index (χ0n) is 10.1. The molecule has 0 saturated carbocycles. The van der Waals surface area contributed by atoms with Crippen LogP contribution in [0.4, 0.5) is 0 Å². The van der Waals surface area contributed by atoms with Crippen molar-refractivity contribution in [1.82, 2.24) is 5.32 Å². The van der Waals surface area contributed by atoms with Crippen LogP contribution in [0, 0.1) is 11.3 Å². The highest BCUT2D eigenvalue weighted by Gasteiger charge is 2.11. The van der Waals surface area contributed by atoms with E-state index in [4.69, 9.17) is 11.0 Å². The molecule has 0 aliphatic carbocycles. The Bertz CT molecular complexity index is 601. The number of nitriles is 1. The second-order valence-electron chi connectivity index (χ2n) is 3.82. The average Bonchev–Trinajstić information content (AvgIpc) is 2.47. The van der Waals surface area contributed by atoms with E-state index < -0.39 is 0 Å². The summed E-state index contributed by atoms with van der Waals surface area (Å²) in [5.74, 6) is 0.930. The van der Waals surface area contributed by atoms with E-state index in [-0.39, 0.29) is 12.5 Å². The summed E-state index contributed by atoms with van der Waals surface area (Å²) in [6.07, 6.45) is 0. The molecule has 1 aromatic rings. The third kappa shape index (κ3) is 3.44. The number of amides is 1. The standard InChI is InChI=1S/C13H12N4OS/c14-5-9-2-1-3-10(4-9)11-7-19-8-12(16-11)17-13(18)6-15/h1-4,7H,6,8,15H2,(H,16,17,18). The fourth-order valence-electron chi connectivity index (χ4n) is 1.56. The first-order valence-electron chi connectivity index (χ1n) is 5.62. The average molecular weight is 272 g/mol. The lowest BCUT2D eigenvalue weighted by atomic mass is 10.1. The largest absolute Gasteiger partial charge is 0.322 e. The van der Waals surface area contributed by atoms with Crippen LogP contribution in [0.1, 0.15) is 11.1 Å². The molecule has 1 heterocycles. The summed E-state index contributed by atoms with van der Waals surface area (Å²) in [6, 6.07) is 9.28.